The van der Waals surface area contributed by atoms with Gasteiger partial charge in [0.25, 0.3) is 0 Å². The predicted octanol–water partition coefficient (Wildman–Crippen LogP) is 1.63. The molecule has 2 heterocycles. The largest absolute Gasteiger partial charge is 0.440 e. The molecule has 4 rings (SSSR count). The van der Waals surface area contributed by atoms with Gasteiger partial charge in [-0.05, 0) is 31.0 Å². The van der Waals surface area contributed by atoms with E-state index in [2.05, 4.69) is 15.6 Å². The molecule has 1 saturated heterocycles. The number of fused-ring (bicyclic) bond motifs is 1. The molecule has 110 valence electrons. The summed E-state index contributed by atoms with van der Waals surface area (Å²) in [7, 11) is 0. The minimum Gasteiger partial charge on any atom is -0.440 e. The number of oxazole rings is 1. The van der Waals surface area contributed by atoms with Crippen LogP contribution in [-0.2, 0) is 9.53 Å². The van der Waals surface area contributed by atoms with Gasteiger partial charge >= 0.3 is 0 Å². The Morgan fingerprint density at radius 1 is 1.38 bits per heavy atom. The Bertz CT molecular complexity index is 672. The first-order chi connectivity index (χ1) is 10.3. The number of anilines is 1. The van der Waals surface area contributed by atoms with Crippen molar-refractivity contribution in [3.63, 3.8) is 0 Å². The van der Waals surface area contributed by atoms with Crippen LogP contribution < -0.4 is 10.6 Å². The molecular weight excluding hydrogens is 270 g/mol. The number of nitrogens with zero attached hydrogens (tertiary/aromatic N) is 1. The van der Waals surface area contributed by atoms with Crippen LogP contribution in [0.3, 0.4) is 0 Å². The number of carbonyl (C=O) groups is 1. The maximum absolute atomic E-state index is 12.1. The molecule has 2 aromatic rings. The first-order valence-corrected chi connectivity index (χ1v) is 7.32. The van der Waals surface area contributed by atoms with E-state index in [1.807, 2.05) is 18.2 Å². The number of ether oxygens (including phenoxy) is 1. The van der Waals surface area contributed by atoms with E-state index in [0.29, 0.717) is 25.7 Å². The van der Waals surface area contributed by atoms with Crippen LogP contribution in [0.1, 0.15) is 24.7 Å². The van der Waals surface area contributed by atoms with Crippen molar-refractivity contribution in [2.24, 2.45) is 0 Å². The minimum atomic E-state index is -0.297. The van der Waals surface area contributed by atoms with Gasteiger partial charge in [0.15, 0.2) is 11.5 Å². The van der Waals surface area contributed by atoms with Crippen molar-refractivity contribution in [1.29, 1.82) is 0 Å². The summed E-state index contributed by atoms with van der Waals surface area (Å²) in [6.45, 7) is 1.76. The predicted molar refractivity (Wildman–Crippen MR) is 77.2 cm³/mol. The van der Waals surface area contributed by atoms with Crippen LogP contribution in [0.2, 0.25) is 0 Å². The van der Waals surface area contributed by atoms with Crippen LogP contribution in [0.25, 0.3) is 11.1 Å². The number of morpholine rings is 1. The van der Waals surface area contributed by atoms with E-state index in [9.17, 15) is 4.79 Å². The number of hydrogen-bond donors (Lipinski definition) is 2. The van der Waals surface area contributed by atoms with Gasteiger partial charge in [0.05, 0.1) is 13.2 Å². The summed E-state index contributed by atoms with van der Waals surface area (Å²) in [6.07, 6.45) is 2.31. The standard InChI is InChI=1S/C15H17N3O3/c19-14(12-8-20-6-5-16-12)17-10-3-4-13-11(7-10)18-15(21-13)9-1-2-9/h3-4,7,9,12,16H,1-2,5-6,8H2,(H,17,19). The molecule has 2 aliphatic rings. The van der Waals surface area contributed by atoms with Crippen molar-refractivity contribution in [2.75, 3.05) is 25.1 Å². The van der Waals surface area contributed by atoms with E-state index >= 15 is 0 Å². The van der Waals surface area contributed by atoms with Gasteiger partial charge < -0.3 is 19.8 Å². The summed E-state index contributed by atoms with van der Waals surface area (Å²) in [6, 6.07) is 5.25. The fraction of sp³-hybridized carbons (Fsp3) is 0.467. The lowest BCUT2D eigenvalue weighted by molar-refractivity contribution is -0.120. The average Bonchev–Trinajstić information content (AvgIpc) is 3.28. The third kappa shape index (κ3) is 2.64. The summed E-state index contributed by atoms with van der Waals surface area (Å²) in [5, 5.41) is 6.03. The number of rotatable bonds is 3. The number of benzene rings is 1. The number of amides is 1. The van der Waals surface area contributed by atoms with Crippen molar-refractivity contribution in [3.05, 3.63) is 24.1 Å². The molecule has 1 amide bonds. The van der Waals surface area contributed by atoms with Crippen molar-refractivity contribution >= 4 is 22.7 Å². The SMILES string of the molecule is O=C(Nc1ccc2oc(C3CC3)nc2c1)C1COCCN1. The Labute approximate surface area is 121 Å². The van der Waals surface area contributed by atoms with Gasteiger partial charge in [-0.25, -0.2) is 4.98 Å². The summed E-state index contributed by atoms with van der Waals surface area (Å²) in [5.74, 6) is 1.22. The maximum Gasteiger partial charge on any atom is 0.243 e. The first-order valence-electron chi connectivity index (χ1n) is 7.32. The third-order valence-electron chi connectivity index (χ3n) is 3.84. The van der Waals surface area contributed by atoms with Gasteiger partial charge in [-0.1, -0.05) is 0 Å². The Kier molecular flexibility index (Phi) is 3.12. The van der Waals surface area contributed by atoms with Crippen molar-refractivity contribution in [3.8, 4) is 0 Å². The highest BCUT2D eigenvalue weighted by atomic mass is 16.5. The number of carbonyl (C=O) groups excluding carboxylic acids is 1. The summed E-state index contributed by atoms with van der Waals surface area (Å²) < 4.78 is 11.0. The number of nitrogens with one attached hydrogen (secondary N) is 2. The van der Waals surface area contributed by atoms with E-state index in [1.165, 1.54) is 0 Å². The molecule has 2 fully saturated rings. The smallest absolute Gasteiger partial charge is 0.243 e. The Morgan fingerprint density at radius 2 is 2.29 bits per heavy atom. The van der Waals surface area contributed by atoms with Crippen LogP contribution in [0.4, 0.5) is 5.69 Å². The van der Waals surface area contributed by atoms with Crippen LogP contribution in [0.15, 0.2) is 22.6 Å². The average molecular weight is 287 g/mol. The fourth-order valence-electron chi connectivity index (χ4n) is 2.49. The van der Waals surface area contributed by atoms with Crippen LogP contribution >= 0.6 is 0 Å². The van der Waals surface area contributed by atoms with Gasteiger partial charge in [-0.2, -0.15) is 0 Å². The highest BCUT2D eigenvalue weighted by Crippen LogP contribution is 2.40. The van der Waals surface area contributed by atoms with E-state index in [1.54, 1.807) is 0 Å². The van der Waals surface area contributed by atoms with E-state index < -0.39 is 0 Å². The molecule has 1 aromatic carbocycles. The molecule has 1 atom stereocenters. The molecule has 2 N–H and O–H groups in total. The lowest BCUT2D eigenvalue weighted by Gasteiger charge is -2.22. The number of aromatic nitrogens is 1. The minimum absolute atomic E-state index is 0.0834. The molecular formula is C15H17N3O3. The molecule has 1 aliphatic carbocycles. The third-order valence-corrected chi connectivity index (χ3v) is 3.84. The van der Waals surface area contributed by atoms with Crippen molar-refractivity contribution in [2.45, 2.75) is 24.8 Å². The monoisotopic (exact) mass is 287 g/mol. The van der Waals surface area contributed by atoms with Crippen LogP contribution in [-0.4, -0.2) is 36.7 Å². The normalized spacial score (nSPS) is 22.4. The Balaban J connectivity index is 1.51. The summed E-state index contributed by atoms with van der Waals surface area (Å²) in [4.78, 5) is 16.6. The molecule has 0 bridgehead atoms. The Hall–Kier alpha value is -1.92. The number of hydrogen-bond acceptors (Lipinski definition) is 5. The highest BCUT2D eigenvalue weighted by molar-refractivity contribution is 5.96. The highest BCUT2D eigenvalue weighted by Gasteiger charge is 2.29. The van der Waals surface area contributed by atoms with Crippen LogP contribution in [0.5, 0.6) is 0 Å². The molecule has 6 heteroatoms. The van der Waals surface area contributed by atoms with Gasteiger partial charge in [-0.3, -0.25) is 4.79 Å². The molecule has 0 spiro atoms. The lowest BCUT2D eigenvalue weighted by Crippen LogP contribution is -2.48. The second-order valence-electron chi connectivity index (χ2n) is 5.58. The molecule has 21 heavy (non-hydrogen) atoms. The molecule has 1 aliphatic heterocycles. The molecule has 6 nitrogen and oxygen atoms in total. The fourth-order valence-corrected chi connectivity index (χ4v) is 2.49. The summed E-state index contributed by atoms with van der Waals surface area (Å²) >= 11 is 0. The lowest BCUT2D eigenvalue weighted by atomic mass is 10.2. The van der Waals surface area contributed by atoms with Gasteiger partial charge in [0.1, 0.15) is 11.6 Å². The van der Waals surface area contributed by atoms with Gasteiger partial charge in [-0.15, -0.1) is 0 Å². The van der Waals surface area contributed by atoms with Gasteiger partial charge in [0.2, 0.25) is 5.91 Å². The second kappa shape index (κ2) is 5.13. The molecule has 0 radical (unpaired) electrons. The molecule has 1 unspecified atom stereocenters. The van der Waals surface area contributed by atoms with E-state index in [-0.39, 0.29) is 11.9 Å². The first kappa shape index (κ1) is 12.8. The van der Waals surface area contributed by atoms with Crippen molar-refractivity contribution in [1.82, 2.24) is 10.3 Å². The van der Waals surface area contributed by atoms with E-state index in [4.69, 9.17) is 9.15 Å². The second-order valence-corrected chi connectivity index (χ2v) is 5.58. The van der Waals surface area contributed by atoms with Crippen molar-refractivity contribution < 1.29 is 13.9 Å². The molecule has 1 saturated carbocycles. The topological polar surface area (TPSA) is 76.4 Å². The quantitative estimate of drug-likeness (QED) is 0.897. The zero-order valence-electron chi connectivity index (χ0n) is 11.6. The van der Waals surface area contributed by atoms with Crippen LogP contribution in [0, 0.1) is 0 Å². The Morgan fingerprint density at radius 3 is 3.05 bits per heavy atom. The van der Waals surface area contributed by atoms with E-state index in [0.717, 1.165) is 35.5 Å². The zero-order chi connectivity index (χ0) is 14.2. The molecule has 1 aromatic heterocycles. The zero-order valence-corrected chi connectivity index (χ0v) is 11.6. The van der Waals surface area contributed by atoms with Gasteiger partial charge in [0, 0.05) is 18.2 Å². The summed E-state index contributed by atoms with van der Waals surface area (Å²) in [5.41, 5.74) is 2.30. The maximum atomic E-state index is 12.1.